The second-order valence-corrected chi connectivity index (χ2v) is 6.67. The van der Waals surface area contributed by atoms with Crippen molar-refractivity contribution in [3.8, 4) is 23.2 Å². The lowest BCUT2D eigenvalue weighted by atomic mass is 9.73. The lowest BCUT2D eigenvalue weighted by Gasteiger charge is -2.30. The van der Waals surface area contributed by atoms with Crippen molar-refractivity contribution in [2.45, 2.75) is 31.6 Å². The van der Waals surface area contributed by atoms with Crippen molar-refractivity contribution in [1.29, 1.82) is 0 Å². The Balaban J connectivity index is 1.99. The zero-order chi connectivity index (χ0) is 16.3. The van der Waals surface area contributed by atoms with Gasteiger partial charge in [0.1, 0.15) is 5.75 Å². The van der Waals surface area contributed by atoms with Gasteiger partial charge in [-0.3, -0.25) is 0 Å². The molecule has 4 nitrogen and oxygen atoms in total. The van der Waals surface area contributed by atoms with Crippen LogP contribution in [0.4, 0.5) is 0 Å². The zero-order valence-electron chi connectivity index (χ0n) is 13.0. The average molecular weight is 332 g/mol. The number of ether oxygens (including phenoxy) is 1. The third-order valence-electron chi connectivity index (χ3n) is 5.00. The summed E-state index contributed by atoms with van der Waals surface area (Å²) in [6.45, 7) is 1.88. The number of aromatic nitrogens is 1. The first-order valence-electron chi connectivity index (χ1n) is 7.72. The minimum atomic E-state index is 0.0940. The van der Waals surface area contributed by atoms with E-state index in [4.69, 9.17) is 16.3 Å². The van der Waals surface area contributed by atoms with Gasteiger partial charge in [-0.2, -0.15) is 0 Å². The fourth-order valence-corrected chi connectivity index (χ4v) is 3.98. The van der Waals surface area contributed by atoms with E-state index in [1.165, 1.54) is 4.57 Å². The highest BCUT2D eigenvalue weighted by Gasteiger charge is 2.38. The summed E-state index contributed by atoms with van der Waals surface area (Å²) < 4.78 is 6.88. The van der Waals surface area contributed by atoms with Gasteiger partial charge in [0.15, 0.2) is 0 Å². The van der Waals surface area contributed by atoms with Gasteiger partial charge in [0.05, 0.1) is 12.8 Å². The van der Waals surface area contributed by atoms with Gasteiger partial charge in [0.2, 0.25) is 11.8 Å². The van der Waals surface area contributed by atoms with E-state index in [-0.39, 0.29) is 23.6 Å². The fraction of sp³-hybridized carbons (Fsp3) is 0.333. The molecule has 5 heteroatoms. The van der Waals surface area contributed by atoms with Gasteiger partial charge >= 0.3 is 0 Å². The SMILES string of the molecule is COc1cc(Cl)c(C)cc1-n1c(O)c2c(c1O)[C@H]1C=C[C@@H]2CC1. The molecule has 0 aliphatic heterocycles. The molecular weight excluding hydrogens is 314 g/mol. The molecule has 2 aromatic rings. The Morgan fingerprint density at radius 1 is 1.09 bits per heavy atom. The van der Waals surface area contributed by atoms with Gasteiger partial charge < -0.3 is 14.9 Å². The van der Waals surface area contributed by atoms with Crippen LogP contribution in [0.2, 0.25) is 5.02 Å². The van der Waals surface area contributed by atoms with Crippen molar-refractivity contribution in [3.05, 3.63) is 46.0 Å². The molecule has 2 bridgehead atoms. The Morgan fingerprint density at radius 2 is 1.65 bits per heavy atom. The van der Waals surface area contributed by atoms with Gasteiger partial charge in [-0.1, -0.05) is 23.8 Å². The van der Waals surface area contributed by atoms with E-state index in [2.05, 4.69) is 12.2 Å². The molecular formula is C18H18ClNO3. The monoisotopic (exact) mass is 331 g/mol. The van der Waals surface area contributed by atoms with E-state index in [1.54, 1.807) is 13.2 Å². The zero-order valence-corrected chi connectivity index (χ0v) is 13.8. The Morgan fingerprint density at radius 3 is 2.13 bits per heavy atom. The molecule has 3 aliphatic rings. The average Bonchev–Trinajstić information content (AvgIpc) is 2.84. The normalized spacial score (nSPS) is 21.5. The number of aromatic hydroxyl groups is 2. The maximum atomic E-state index is 10.8. The van der Waals surface area contributed by atoms with Crippen LogP contribution in [0.15, 0.2) is 24.3 Å². The number of nitrogens with zero attached hydrogens (tertiary/aromatic N) is 1. The number of methoxy groups -OCH3 is 1. The predicted octanol–water partition coefficient (Wildman–Crippen LogP) is 4.39. The van der Waals surface area contributed by atoms with Gasteiger partial charge in [-0.15, -0.1) is 0 Å². The number of halogens is 1. The first-order chi connectivity index (χ1) is 11.0. The number of hydrogen-bond acceptors (Lipinski definition) is 3. The van der Waals surface area contributed by atoms with Gasteiger partial charge in [0.25, 0.3) is 0 Å². The Labute approximate surface area is 139 Å². The second kappa shape index (κ2) is 4.96. The molecule has 0 spiro atoms. The third kappa shape index (κ3) is 1.91. The van der Waals surface area contributed by atoms with Crippen LogP contribution >= 0.6 is 11.6 Å². The molecule has 2 N–H and O–H groups in total. The minimum Gasteiger partial charge on any atom is -0.494 e. The van der Waals surface area contributed by atoms with Crippen molar-refractivity contribution < 1.29 is 14.9 Å². The summed E-state index contributed by atoms with van der Waals surface area (Å²) in [5.74, 6) is 1.04. The summed E-state index contributed by atoms with van der Waals surface area (Å²) in [6, 6.07) is 3.53. The molecule has 1 heterocycles. The van der Waals surface area contributed by atoms with E-state index in [1.807, 2.05) is 13.0 Å². The maximum absolute atomic E-state index is 10.8. The molecule has 5 rings (SSSR count). The van der Waals surface area contributed by atoms with Crippen LogP contribution in [0.1, 0.15) is 41.4 Å². The fourth-order valence-electron chi connectivity index (χ4n) is 3.83. The summed E-state index contributed by atoms with van der Waals surface area (Å²) in [4.78, 5) is 0. The first kappa shape index (κ1) is 14.5. The highest BCUT2D eigenvalue weighted by atomic mass is 35.5. The van der Waals surface area contributed by atoms with E-state index < -0.39 is 0 Å². The summed E-state index contributed by atoms with van der Waals surface area (Å²) in [5.41, 5.74) is 3.14. The van der Waals surface area contributed by atoms with E-state index in [0.29, 0.717) is 16.5 Å². The van der Waals surface area contributed by atoms with Gasteiger partial charge in [-0.25, -0.2) is 4.57 Å². The van der Waals surface area contributed by atoms with Crippen LogP contribution < -0.4 is 4.74 Å². The van der Waals surface area contributed by atoms with Crippen molar-refractivity contribution in [1.82, 2.24) is 4.57 Å². The van der Waals surface area contributed by atoms with Crippen molar-refractivity contribution >= 4 is 11.6 Å². The summed E-state index contributed by atoms with van der Waals surface area (Å²) in [6.07, 6.45) is 6.26. The molecule has 0 saturated heterocycles. The molecule has 0 fully saturated rings. The molecule has 2 atom stereocenters. The molecule has 120 valence electrons. The number of hydrogen-bond donors (Lipinski definition) is 2. The lowest BCUT2D eigenvalue weighted by Crippen LogP contribution is -2.15. The number of rotatable bonds is 2. The molecule has 1 aromatic carbocycles. The molecule has 1 aromatic heterocycles. The first-order valence-corrected chi connectivity index (χ1v) is 8.10. The van der Waals surface area contributed by atoms with Crippen LogP contribution in [-0.4, -0.2) is 21.9 Å². The molecule has 0 saturated carbocycles. The predicted molar refractivity (Wildman–Crippen MR) is 89.3 cm³/mol. The van der Waals surface area contributed by atoms with Crippen molar-refractivity contribution in [3.63, 3.8) is 0 Å². The van der Waals surface area contributed by atoms with Crippen LogP contribution in [0.3, 0.4) is 0 Å². The van der Waals surface area contributed by atoms with Crippen molar-refractivity contribution in [2.24, 2.45) is 0 Å². The minimum absolute atomic E-state index is 0.0940. The van der Waals surface area contributed by atoms with E-state index in [0.717, 1.165) is 29.5 Å². The Bertz CT molecular complexity index is 800. The van der Waals surface area contributed by atoms with Crippen molar-refractivity contribution in [2.75, 3.05) is 7.11 Å². The van der Waals surface area contributed by atoms with E-state index >= 15 is 0 Å². The topological polar surface area (TPSA) is 54.6 Å². The van der Waals surface area contributed by atoms with Gasteiger partial charge in [0, 0.05) is 34.1 Å². The standard InChI is InChI=1S/C18H18ClNO3/c1-9-7-13(14(23-2)8-12(9)19)20-17(21)15-10-3-4-11(6-5-10)16(15)18(20)22/h3-4,7-8,10-11,21-22H,5-6H2,1-2H3/t10-,11+. The number of allylic oxidation sites excluding steroid dienone is 2. The summed E-state index contributed by atoms with van der Waals surface area (Å²) in [5, 5.41) is 22.2. The molecule has 3 aliphatic carbocycles. The summed E-state index contributed by atoms with van der Waals surface area (Å²) >= 11 is 6.16. The highest BCUT2D eigenvalue weighted by Crippen LogP contribution is 2.54. The lowest BCUT2D eigenvalue weighted by molar-refractivity contribution is 0.384. The smallest absolute Gasteiger partial charge is 0.202 e. The molecule has 0 radical (unpaired) electrons. The number of benzene rings is 1. The van der Waals surface area contributed by atoms with Crippen LogP contribution in [0, 0.1) is 6.92 Å². The highest BCUT2D eigenvalue weighted by molar-refractivity contribution is 6.31. The van der Waals surface area contributed by atoms with Crippen LogP contribution in [0.5, 0.6) is 17.5 Å². The molecule has 23 heavy (non-hydrogen) atoms. The maximum Gasteiger partial charge on any atom is 0.202 e. The van der Waals surface area contributed by atoms with Crippen LogP contribution in [-0.2, 0) is 0 Å². The second-order valence-electron chi connectivity index (χ2n) is 6.26. The Kier molecular flexibility index (Phi) is 3.13. The van der Waals surface area contributed by atoms with Gasteiger partial charge in [-0.05, 0) is 31.4 Å². The van der Waals surface area contributed by atoms with E-state index in [9.17, 15) is 10.2 Å². The quantitative estimate of drug-likeness (QED) is 0.802. The van der Waals surface area contributed by atoms with Crippen LogP contribution in [0.25, 0.3) is 5.69 Å². The molecule has 0 amide bonds. The third-order valence-corrected chi connectivity index (χ3v) is 5.41. The summed E-state index contributed by atoms with van der Waals surface area (Å²) in [7, 11) is 1.55. The molecule has 0 unspecified atom stereocenters. The Hall–Kier alpha value is -2.07. The number of aryl methyl sites for hydroxylation is 1. The number of fused-ring (bicyclic) bond motifs is 1. The largest absolute Gasteiger partial charge is 0.494 e.